The van der Waals surface area contributed by atoms with E-state index < -0.39 is 0 Å². The van der Waals surface area contributed by atoms with Crippen molar-refractivity contribution in [1.82, 2.24) is 24.7 Å². The smallest absolute Gasteiger partial charge is 0.270 e. The van der Waals surface area contributed by atoms with Gasteiger partial charge in [-0.3, -0.25) is 4.57 Å². The fraction of sp³-hybridized carbons (Fsp3) is 0.500. The van der Waals surface area contributed by atoms with Crippen LogP contribution >= 0.6 is 23.4 Å². The molecule has 0 atom stereocenters. The van der Waals surface area contributed by atoms with Gasteiger partial charge in [-0.2, -0.15) is 0 Å². The highest BCUT2D eigenvalue weighted by molar-refractivity contribution is 7.99. The molecule has 0 aliphatic rings. The van der Waals surface area contributed by atoms with Crippen LogP contribution in [0.15, 0.2) is 21.3 Å². The molecule has 1 N–H and O–H groups in total. The summed E-state index contributed by atoms with van der Waals surface area (Å²) in [6, 6.07) is 0. The van der Waals surface area contributed by atoms with Crippen molar-refractivity contribution in [2.45, 2.75) is 49.8 Å². The average Bonchev–Trinajstić information content (AvgIpc) is 2.76. The zero-order valence-electron chi connectivity index (χ0n) is 11.4. The molecule has 20 heavy (non-hydrogen) atoms. The van der Waals surface area contributed by atoms with Gasteiger partial charge in [0.2, 0.25) is 0 Å². The maximum Gasteiger partial charge on any atom is 0.343 e. The minimum absolute atomic E-state index is 0.202. The lowest BCUT2D eigenvalue weighted by atomic mass is 10.2. The van der Waals surface area contributed by atoms with Crippen LogP contribution in [0.25, 0.3) is 0 Å². The molecule has 0 fully saturated rings. The molecular weight excluding hydrogens is 298 g/mol. The van der Waals surface area contributed by atoms with E-state index in [9.17, 15) is 4.79 Å². The normalized spacial score (nSPS) is 10.9. The SMILES string of the molecule is CCCc1c(Cl)ncnc1Sc1n[nH]c(=O)n1CCC. The fourth-order valence-corrected chi connectivity index (χ4v) is 3.07. The third kappa shape index (κ3) is 3.21. The van der Waals surface area contributed by atoms with Crippen LogP contribution in [-0.2, 0) is 13.0 Å². The summed E-state index contributed by atoms with van der Waals surface area (Å²) in [7, 11) is 0. The van der Waals surface area contributed by atoms with E-state index in [1.54, 1.807) is 4.57 Å². The van der Waals surface area contributed by atoms with Crippen molar-refractivity contribution in [3.05, 3.63) is 27.5 Å². The molecule has 0 aliphatic heterocycles. The topological polar surface area (TPSA) is 76.5 Å². The van der Waals surface area contributed by atoms with Crippen molar-refractivity contribution >= 4 is 23.4 Å². The number of aromatic nitrogens is 5. The molecule has 2 aromatic rings. The van der Waals surface area contributed by atoms with Crippen molar-refractivity contribution in [2.75, 3.05) is 0 Å². The summed E-state index contributed by atoms with van der Waals surface area (Å²) < 4.78 is 1.61. The van der Waals surface area contributed by atoms with Crippen LogP contribution in [0.1, 0.15) is 32.3 Å². The third-order valence-corrected chi connectivity index (χ3v) is 4.08. The number of hydrogen-bond acceptors (Lipinski definition) is 5. The monoisotopic (exact) mass is 313 g/mol. The Morgan fingerprint density at radius 2 is 2.15 bits per heavy atom. The van der Waals surface area contributed by atoms with E-state index in [1.165, 1.54) is 18.1 Å². The van der Waals surface area contributed by atoms with E-state index in [1.807, 2.05) is 6.92 Å². The Labute approximate surface area is 126 Å². The molecule has 2 rings (SSSR count). The van der Waals surface area contributed by atoms with Crippen LogP contribution in [-0.4, -0.2) is 24.7 Å². The second-order valence-electron chi connectivity index (χ2n) is 4.26. The molecule has 0 bridgehead atoms. The zero-order chi connectivity index (χ0) is 14.5. The first kappa shape index (κ1) is 15.1. The molecule has 0 radical (unpaired) electrons. The van der Waals surface area contributed by atoms with Crippen molar-refractivity contribution in [3.8, 4) is 0 Å². The second-order valence-corrected chi connectivity index (χ2v) is 5.58. The van der Waals surface area contributed by atoms with Gasteiger partial charge < -0.3 is 0 Å². The summed E-state index contributed by atoms with van der Waals surface area (Å²) in [5, 5.41) is 8.33. The van der Waals surface area contributed by atoms with Crippen LogP contribution in [0.3, 0.4) is 0 Å². The predicted molar refractivity (Wildman–Crippen MR) is 78.3 cm³/mol. The van der Waals surface area contributed by atoms with Crippen LogP contribution in [0.5, 0.6) is 0 Å². The number of halogens is 1. The number of hydrogen-bond donors (Lipinski definition) is 1. The van der Waals surface area contributed by atoms with E-state index in [0.717, 1.165) is 29.9 Å². The first-order valence-electron chi connectivity index (χ1n) is 6.49. The first-order valence-corrected chi connectivity index (χ1v) is 7.69. The Balaban J connectivity index is 2.35. The Morgan fingerprint density at radius 3 is 2.85 bits per heavy atom. The molecule has 6 nitrogen and oxygen atoms in total. The van der Waals surface area contributed by atoms with E-state index in [-0.39, 0.29) is 5.69 Å². The van der Waals surface area contributed by atoms with Crippen LogP contribution in [0.2, 0.25) is 5.15 Å². The molecule has 2 aromatic heterocycles. The Morgan fingerprint density at radius 1 is 1.35 bits per heavy atom. The van der Waals surface area contributed by atoms with E-state index in [2.05, 4.69) is 27.1 Å². The van der Waals surface area contributed by atoms with Gasteiger partial charge in [0, 0.05) is 12.1 Å². The standard InChI is InChI=1S/C12H16ClN5OS/c1-3-5-8-9(13)14-7-15-10(8)20-12-17-16-11(19)18(12)6-4-2/h7H,3-6H2,1-2H3,(H,16,19). The maximum atomic E-state index is 11.7. The van der Waals surface area contributed by atoms with Crippen molar-refractivity contribution in [3.63, 3.8) is 0 Å². The number of nitrogens with one attached hydrogen (secondary N) is 1. The van der Waals surface area contributed by atoms with Gasteiger partial charge in [0.25, 0.3) is 0 Å². The van der Waals surface area contributed by atoms with Gasteiger partial charge in [-0.1, -0.05) is 31.9 Å². The lowest BCUT2D eigenvalue weighted by molar-refractivity contribution is 0.603. The average molecular weight is 314 g/mol. The molecule has 2 heterocycles. The summed E-state index contributed by atoms with van der Waals surface area (Å²) in [5.41, 5.74) is 0.701. The molecule has 8 heteroatoms. The summed E-state index contributed by atoms with van der Waals surface area (Å²) in [6.07, 6.45) is 4.03. The molecule has 0 amide bonds. The van der Waals surface area contributed by atoms with E-state index in [4.69, 9.17) is 11.6 Å². The van der Waals surface area contributed by atoms with Crippen molar-refractivity contribution in [2.24, 2.45) is 0 Å². The van der Waals surface area contributed by atoms with Crippen LogP contribution in [0, 0.1) is 0 Å². The van der Waals surface area contributed by atoms with Gasteiger partial charge in [-0.05, 0) is 24.6 Å². The minimum Gasteiger partial charge on any atom is -0.270 e. The predicted octanol–water partition coefficient (Wildman–Crippen LogP) is 2.53. The Bertz CT molecular complexity index is 639. The van der Waals surface area contributed by atoms with E-state index in [0.29, 0.717) is 16.9 Å². The molecular formula is C12H16ClN5OS. The number of aromatic amines is 1. The van der Waals surface area contributed by atoms with Crippen molar-refractivity contribution < 1.29 is 0 Å². The van der Waals surface area contributed by atoms with Gasteiger partial charge >= 0.3 is 5.69 Å². The molecule has 0 unspecified atom stereocenters. The maximum absolute atomic E-state index is 11.7. The Kier molecular flexibility index (Phi) is 5.19. The van der Waals surface area contributed by atoms with Crippen LogP contribution in [0.4, 0.5) is 0 Å². The highest BCUT2D eigenvalue weighted by Crippen LogP contribution is 2.30. The molecule has 0 saturated heterocycles. The van der Waals surface area contributed by atoms with Gasteiger partial charge in [0.15, 0.2) is 5.16 Å². The van der Waals surface area contributed by atoms with Gasteiger partial charge in [-0.25, -0.2) is 19.9 Å². The fourth-order valence-electron chi connectivity index (χ4n) is 1.81. The lowest BCUT2D eigenvalue weighted by Crippen LogP contribution is -2.17. The van der Waals surface area contributed by atoms with Gasteiger partial charge in [0.1, 0.15) is 16.5 Å². The molecule has 0 aliphatic carbocycles. The Hall–Kier alpha value is -1.34. The number of H-pyrrole nitrogens is 1. The minimum atomic E-state index is -0.202. The third-order valence-electron chi connectivity index (χ3n) is 2.71. The highest BCUT2D eigenvalue weighted by atomic mass is 35.5. The quantitative estimate of drug-likeness (QED) is 0.829. The first-order chi connectivity index (χ1) is 9.67. The molecule has 0 spiro atoms. The summed E-state index contributed by atoms with van der Waals surface area (Å²) in [5.74, 6) is 0. The largest absolute Gasteiger partial charge is 0.343 e. The second kappa shape index (κ2) is 6.90. The van der Waals surface area contributed by atoms with Crippen molar-refractivity contribution in [1.29, 1.82) is 0 Å². The van der Waals surface area contributed by atoms with Gasteiger partial charge in [0.05, 0.1) is 0 Å². The summed E-state index contributed by atoms with van der Waals surface area (Å²) >= 11 is 7.46. The summed E-state index contributed by atoms with van der Waals surface area (Å²) in [4.78, 5) is 19.9. The zero-order valence-corrected chi connectivity index (χ0v) is 13.0. The van der Waals surface area contributed by atoms with Crippen LogP contribution < -0.4 is 5.69 Å². The number of rotatable bonds is 6. The molecule has 108 valence electrons. The lowest BCUT2D eigenvalue weighted by Gasteiger charge is -2.08. The summed E-state index contributed by atoms with van der Waals surface area (Å²) in [6.45, 7) is 4.71. The number of nitrogens with zero attached hydrogens (tertiary/aromatic N) is 4. The highest BCUT2D eigenvalue weighted by Gasteiger charge is 2.15. The van der Waals surface area contributed by atoms with Gasteiger partial charge in [-0.15, -0.1) is 5.10 Å². The molecule has 0 aromatic carbocycles. The molecule has 0 saturated carbocycles. The van der Waals surface area contributed by atoms with E-state index >= 15 is 0 Å².